The molecule has 2 aromatic carbocycles. The summed E-state index contributed by atoms with van der Waals surface area (Å²) < 4.78 is 0. The fourth-order valence-electron chi connectivity index (χ4n) is 2.56. The summed E-state index contributed by atoms with van der Waals surface area (Å²) in [6.45, 7) is 4.05. The van der Waals surface area contributed by atoms with Crippen LogP contribution in [0.15, 0.2) is 48.5 Å². The number of nitrogens with zero attached hydrogens (tertiary/aromatic N) is 1. The van der Waals surface area contributed by atoms with Gasteiger partial charge in [-0.05, 0) is 13.8 Å². The molecule has 0 aromatic heterocycles. The van der Waals surface area contributed by atoms with Crippen LogP contribution in [0.4, 0.5) is 0 Å². The van der Waals surface area contributed by atoms with Crippen LogP contribution >= 0.6 is 0 Å². The Bertz CT molecular complexity index is 598. The first kappa shape index (κ1) is 12.9. The lowest BCUT2D eigenvalue weighted by atomic mass is 9.83. The summed E-state index contributed by atoms with van der Waals surface area (Å²) in [5.74, 6) is -0.0368. The lowest BCUT2D eigenvalue weighted by Crippen LogP contribution is -2.61. The van der Waals surface area contributed by atoms with Crippen molar-refractivity contribution in [2.24, 2.45) is 0 Å². The van der Waals surface area contributed by atoms with Gasteiger partial charge in [-0.15, -0.1) is 0 Å². The molecule has 0 atom stereocenters. The summed E-state index contributed by atoms with van der Waals surface area (Å²) in [7, 11) is 1.64. The lowest BCUT2D eigenvalue weighted by molar-refractivity contribution is -0.290. The number of carbonyl (C=O) groups is 1. The Kier molecular flexibility index (Phi) is 2.87. The molecule has 3 rings (SSSR count). The van der Waals surface area contributed by atoms with Crippen LogP contribution in [0.25, 0.3) is 0 Å². The van der Waals surface area contributed by atoms with Crippen LogP contribution in [0.3, 0.4) is 0 Å². The molecule has 0 N–H and O–H groups in total. The van der Waals surface area contributed by atoms with Gasteiger partial charge in [0.05, 0.1) is 0 Å². The molecule has 1 heterocycles. The smallest absolute Gasteiger partial charge is 0.268 e. The maximum atomic E-state index is 12.5. The summed E-state index contributed by atoms with van der Waals surface area (Å²) in [4.78, 5) is 18.2. The zero-order chi connectivity index (χ0) is 14.3. The van der Waals surface area contributed by atoms with E-state index in [0.29, 0.717) is 0 Å². The molecule has 0 saturated carbocycles. The van der Waals surface area contributed by atoms with Gasteiger partial charge in [-0.3, -0.25) is 4.79 Å². The minimum absolute atomic E-state index is 0.0368. The van der Waals surface area contributed by atoms with Crippen LogP contribution in [0.2, 0.25) is 0 Å². The second-order valence-corrected chi connectivity index (χ2v) is 5.31. The predicted octanol–water partition coefficient (Wildman–Crippen LogP) is 2.95. The van der Waals surface area contributed by atoms with E-state index in [1.807, 2.05) is 62.4 Å². The highest BCUT2D eigenvalue weighted by Gasteiger charge is 2.55. The summed E-state index contributed by atoms with van der Waals surface area (Å²) in [5.41, 5.74) is 3.07. The number of amides is 1. The average molecular weight is 267 g/mol. The molecule has 20 heavy (non-hydrogen) atoms. The van der Waals surface area contributed by atoms with Gasteiger partial charge in [0.15, 0.2) is 0 Å². The molecule has 1 saturated heterocycles. The highest BCUT2D eigenvalue weighted by Crippen LogP contribution is 2.42. The highest BCUT2D eigenvalue weighted by atomic mass is 16.7. The Hall–Kier alpha value is -2.13. The molecule has 1 fully saturated rings. The van der Waals surface area contributed by atoms with Crippen molar-refractivity contribution < 1.29 is 9.63 Å². The zero-order valence-electron chi connectivity index (χ0n) is 11.9. The fourth-order valence-corrected chi connectivity index (χ4v) is 2.56. The van der Waals surface area contributed by atoms with E-state index in [9.17, 15) is 4.79 Å². The number of hydroxylamine groups is 2. The van der Waals surface area contributed by atoms with Crippen LogP contribution in [0.1, 0.15) is 22.3 Å². The van der Waals surface area contributed by atoms with E-state index < -0.39 is 5.60 Å². The van der Waals surface area contributed by atoms with Gasteiger partial charge in [0.25, 0.3) is 5.91 Å². The van der Waals surface area contributed by atoms with Crippen molar-refractivity contribution >= 4 is 5.91 Å². The molecule has 1 aliphatic rings. The van der Waals surface area contributed by atoms with Crippen LogP contribution in [-0.4, -0.2) is 18.0 Å². The minimum Gasteiger partial charge on any atom is -0.268 e. The van der Waals surface area contributed by atoms with Crippen molar-refractivity contribution in [2.45, 2.75) is 19.4 Å². The first-order valence-electron chi connectivity index (χ1n) is 6.65. The SMILES string of the molecule is Cc1ccc(C2(c3ccc(C)cc3)ON(C)C2=O)cc1. The first-order valence-corrected chi connectivity index (χ1v) is 6.65. The largest absolute Gasteiger partial charge is 0.290 e. The van der Waals surface area contributed by atoms with Gasteiger partial charge >= 0.3 is 0 Å². The van der Waals surface area contributed by atoms with Crippen molar-refractivity contribution in [3.05, 3.63) is 70.8 Å². The molecular weight excluding hydrogens is 250 g/mol. The summed E-state index contributed by atoms with van der Waals surface area (Å²) in [6.07, 6.45) is 0. The molecule has 3 nitrogen and oxygen atoms in total. The standard InChI is InChI=1S/C17H17NO2/c1-12-4-8-14(9-5-12)17(16(19)18(3)20-17)15-10-6-13(2)7-11-15/h4-11H,1-3H3. The van der Waals surface area contributed by atoms with Gasteiger partial charge in [-0.1, -0.05) is 59.7 Å². The predicted molar refractivity (Wildman–Crippen MR) is 77.0 cm³/mol. The molecule has 1 amide bonds. The Balaban J connectivity index is 2.13. The number of hydrogen-bond donors (Lipinski definition) is 0. The molecule has 102 valence electrons. The number of benzene rings is 2. The Morgan fingerprint density at radius 1 is 0.850 bits per heavy atom. The second-order valence-electron chi connectivity index (χ2n) is 5.31. The van der Waals surface area contributed by atoms with Crippen LogP contribution in [-0.2, 0) is 15.2 Å². The van der Waals surface area contributed by atoms with Crippen molar-refractivity contribution in [2.75, 3.05) is 7.05 Å². The van der Waals surface area contributed by atoms with Gasteiger partial charge in [-0.25, -0.2) is 9.90 Å². The molecule has 0 aliphatic carbocycles. The average Bonchev–Trinajstić information content (AvgIpc) is 2.46. The quantitative estimate of drug-likeness (QED) is 0.837. The topological polar surface area (TPSA) is 29.5 Å². The highest BCUT2D eigenvalue weighted by molar-refractivity contribution is 5.93. The van der Waals surface area contributed by atoms with Gasteiger partial charge in [0.2, 0.25) is 5.60 Å². The summed E-state index contributed by atoms with van der Waals surface area (Å²) >= 11 is 0. The summed E-state index contributed by atoms with van der Waals surface area (Å²) in [5, 5.41) is 1.29. The molecule has 0 bridgehead atoms. The molecule has 0 unspecified atom stereocenters. The van der Waals surface area contributed by atoms with E-state index in [1.54, 1.807) is 7.05 Å². The third-order valence-electron chi connectivity index (χ3n) is 3.78. The van der Waals surface area contributed by atoms with E-state index >= 15 is 0 Å². The van der Waals surface area contributed by atoms with Crippen molar-refractivity contribution in [3.8, 4) is 0 Å². The lowest BCUT2D eigenvalue weighted by Gasteiger charge is -2.46. The molecule has 1 aliphatic heterocycles. The molecule has 3 heteroatoms. The van der Waals surface area contributed by atoms with Crippen LogP contribution < -0.4 is 0 Å². The molecular formula is C17H17NO2. The summed E-state index contributed by atoms with van der Waals surface area (Å²) in [6, 6.07) is 15.8. The monoisotopic (exact) mass is 267 g/mol. The maximum absolute atomic E-state index is 12.5. The Morgan fingerprint density at radius 2 is 1.25 bits per heavy atom. The van der Waals surface area contributed by atoms with E-state index in [0.717, 1.165) is 22.3 Å². The van der Waals surface area contributed by atoms with E-state index in [-0.39, 0.29) is 5.91 Å². The Labute approximate surface area is 118 Å². The van der Waals surface area contributed by atoms with Crippen molar-refractivity contribution in [3.63, 3.8) is 0 Å². The van der Waals surface area contributed by atoms with Gasteiger partial charge in [-0.2, -0.15) is 0 Å². The third-order valence-corrected chi connectivity index (χ3v) is 3.78. The zero-order valence-corrected chi connectivity index (χ0v) is 11.9. The van der Waals surface area contributed by atoms with Crippen molar-refractivity contribution in [1.82, 2.24) is 5.06 Å². The van der Waals surface area contributed by atoms with Crippen LogP contribution in [0.5, 0.6) is 0 Å². The van der Waals surface area contributed by atoms with E-state index in [4.69, 9.17) is 4.84 Å². The fraction of sp³-hybridized carbons (Fsp3) is 0.235. The molecule has 2 aromatic rings. The van der Waals surface area contributed by atoms with Gasteiger partial charge in [0.1, 0.15) is 0 Å². The van der Waals surface area contributed by atoms with Crippen molar-refractivity contribution in [1.29, 1.82) is 0 Å². The molecule has 0 spiro atoms. The molecule has 0 radical (unpaired) electrons. The number of carbonyl (C=O) groups excluding carboxylic acids is 1. The maximum Gasteiger partial charge on any atom is 0.290 e. The van der Waals surface area contributed by atoms with E-state index in [1.165, 1.54) is 5.06 Å². The Morgan fingerprint density at radius 3 is 1.55 bits per heavy atom. The van der Waals surface area contributed by atoms with Crippen LogP contribution in [0, 0.1) is 13.8 Å². The minimum atomic E-state index is -0.990. The van der Waals surface area contributed by atoms with E-state index in [2.05, 4.69) is 0 Å². The number of likely N-dealkylation sites (N-methyl/N-ethyl adjacent to an activating group) is 1. The first-order chi connectivity index (χ1) is 9.54. The second kappa shape index (κ2) is 4.46. The number of rotatable bonds is 2. The van der Waals surface area contributed by atoms with Gasteiger partial charge < -0.3 is 0 Å². The van der Waals surface area contributed by atoms with Gasteiger partial charge in [0, 0.05) is 18.2 Å². The number of aryl methyl sites for hydroxylation is 2. The normalized spacial score (nSPS) is 16.9. The third kappa shape index (κ3) is 1.74. The number of hydrogen-bond acceptors (Lipinski definition) is 2.